The average Bonchev–Trinajstić information content (AvgIpc) is 2.27. The lowest BCUT2D eigenvalue weighted by Crippen LogP contribution is -1.93. The predicted octanol–water partition coefficient (Wildman–Crippen LogP) is 3.76. The van der Waals surface area contributed by atoms with Crippen molar-refractivity contribution in [1.82, 2.24) is 0 Å². The Morgan fingerprint density at radius 1 is 0.938 bits per heavy atom. The van der Waals surface area contributed by atoms with E-state index in [0.717, 1.165) is 14.3 Å². The molecule has 0 aromatic heterocycles. The van der Waals surface area contributed by atoms with Gasteiger partial charge in [0.15, 0.2) is 0 Å². The Morgan fingerprint density at radius 2 is 1.69 bits per heavy atom. The maximum atomic E-state index is 5.76. The van der Waals surface area contributed by atoms with Crippen LogP contribution in [0.25, 0.3) is 0 Å². The fourth-order valence-electron chi connectivity index (χ4n) is 1.27. The summed E-state index contributed by atoms with van der Waals surface area (Å²) >= 11 is 5.16. The van der Waals surface area contributed by atoms with Gasteiger partial charge in [-0.05, 0) is 46.3 Å². The lowest BCUT2D eigenvalue weighted by atomic mass is 10.3. The Morgan fingerprint density at radius 3 is 2.38 bits per heavy atom. The lowest BCUT2D eigenvalue weighted by molar-refractivity contribution is 1.37. The average molecular weight is 295 g/mol. The SMILES string of the molecule is Nc1ccc(Sc2ccccc2Br)cc1N. The molecule has 0 bridgehead atoms. The van der Waals surface area contributed by atoms with Gasteiger partial charge in [-0.15, -0.1) is 0 Å². The zero-order chi connectivity index (χ0) is 11.5. The van der Waals surface area contributed by atoms with Crippen molar-refractivity contribution in [2.45, 2.75) is 9.79 Å². The van der Waals surface area contributed by atoms with E-state index in [-0.39, 0.29) is 0 Å². The first-order valence-electron chi connectivity index (χ1n) is 4.74. The summed E-state index contributed by atoms with van der Waals surface area (Å²) < 4.78 is 1.08. The quantitative estimate of drug-likeness (QED) is 0.829. The van der Waals surface area contributed by atoms with Gasteiger partial charge >= 0.3 is 0 Å². The van der Waals surface area contributed by atoms with Crippen LogP contribution in [0.5, 0.6) is 0 Å². The third-order valence-electron chi connectivity index (χ3n) is 2.12. The lowest BCUT2D eigenvalue weighted by Gasteiger charge is -2.06. The molecule has 0 amide bonds. The van der Waals surface area contributed by atoms with Crippen molar-refractivity contribution >= 4 is 39.1 Å². The standard InChI is InChI=1S/C12H11BrN2S/c13-9-3-1-2-4-12(9)16-8-5-6-10(14)11(15)7-8/h1-7H,14-15H2. The summed E-state index contributed by atoms with van der Waals surface area (Å²) in [6.07, 6.45) is 0. The molecule has 0 saturated heterocycles. The number of hydrogen-bond donors (Lipinski definition) is 2. The fourth-order valence-corrected chi connectivity index (χ4v) is 2.69. The molecule has 4 heteroatoms. The van der Waals surface area contributed by atoms with Gasteiger partial charge in [0, 0.05) is 14.3 Å². The van der Waals surface area contributed by atoms with Crippen LogP contribution < -0.4 is 11.5 Å². The smallest absolute Gasteiger partial charge is 0.0559 e. The van der Waals surface area contributed by atoms with Crippen LogP contribution in [0, 0.1) is 0 Å². The van der Waals surface area contributed by atoms with E-state index in [1.54, 1.807) is 11.8 Å². The van der Waals surface area contributed by atoms with Crippen LogP contribution in [0.2, 0.25) is 0 Å². The van der Waals surface area contributed by atoms with E-state index in [4.69, 9.17) is 11.5 Å². The summed E-state index contributed by atoms with van der Waals surface area (Å²) in [7, 11) is 0. The zero-order valence-electron chi connectivity index (χ0n) is 8.48. The zero-order valence-corrected chi connectivity index (χ0v) is 10.9. The van der Waals surface area contributed by atoms with E-state index in [2.05, 4.69) is 22.0 Å². The fraction of sp³-hybridized carbons (Fsp3) is 0. The summed E-state index contributed by atoms with van der Waals surface area (Å²) in [6, 6.07) is 13.8. The Labute approximate surface area is 107 Å². The minimum atomic E-state index is 0.622. The molecule has 0 aliphatic rings. The Hall–Kier alpha value is -1.13. The van der Waals surface area contributed by atoms with E-state index in [9.17, 15) is 0 Å². The van der Waals surface area contributed by atoms with Crippen molar-refractivity contribution in [2.24, 2.45) is 0 Å². The molecule has 2 aromatic carbocycles. The van der Waals surface area contributed by atoms with E-state index >= 15 is 0 Å². The Bertz CT molecular complexity index is 514. The first-order valence-corrected chi connectivity index (χ1v) is 6.35. The molecule has 16 heavy (non-hydrogen) atoms. The highest BCUT2D eigenvalue weighted by atomic mass is 79.9. The Balaban J connectivity index is 2.28. The van der Waals surface area contributed by atoms with Gasteiger partial charge in [-0.1, -0.05) is 23.9 Å². The summed E-state index contributed by atoms with van der Waals surface area (Å²) in [5.41, 5.74) is 12.7. The van der Waals surface area contributed by atoms with Gasteiger partial charge < -0.3 is 11.5 Å². The molecule has 0 unspecified atom stereocenters. The minimum absolute atomic E-state index is 0.622. The number of rotatable bonds is 2. The van der Waals surface area contributed by atoms with Crippen LogP contribution >= 0.6 is 27.7 Å². The van der Waals surface area contributed by atoms with E-state index in [0.29, 0.717) is 11.4 Å². The number of nitrogens with two attached hydrogens (primary N) is 2. The molecule has 0 aliphatic carbocycles. The van der Waals surface area contributed by atoms with Crippen molar-refractivity contribution in [2.75, 3.05) is 11.5 Å². The normalized spacial score (nSPS) is 10.3. The minimum Gasteiger partial charge on any atom is -0.397 e. The van der Waals surface area contributed by atoms with Crippen molar-refractivity contribution in [1.29, 1.82) is 0 Å². The van der Waals surface area contributed by atoms with Gasteiger partial charge in [0.2, 0.25) is 0 Å². The second kappa shape index (κ2) is 4.80. The van der Waals surface area contributed by atoms with Crippen molar-refractivity contribution in [3.63, 3.8) is 0 Å². The molecule has 0 radical (unpaired) electrons. The Kier molecular flexibility index (Phi) is 3.41. The largest absolute Gasteiger partial charge is 0.397 e. The van der Waals surface area contributed by atoms with Crippen LogP contribution in [0.4, 0.5) is 11.4 Å². The summed E-state index contributed by atoms with van der Waals surface area (Å²) in [5.74, 6) is 0. The number of benzene rings is 2. The van der Waals surface area contributed by atoms with Crippen LogP contribution in [0.1, 0.15) is 0 Å². The van der Waals surface area contributed by atoms with Crippen molar-refractivity contribution in [3.05, 3.63) is 46.9 Å². The number of anilines is 2. The summed E-state index contributed by atoms with van der Waals surface area (Å²) in [6.45, 7) is 0. The molecule has 2 rings (SSSR count). The second-order valence-electron chi connectivity index (χ2n) is 3.32. The van der Waals surface area contributed by atoms with Gasteiger partial charge in [-0.25, -0.2) is 0 Å². The number of nitrogen functional groups attached to an aromatic ring is 2. The number of halogens is 1. The summed E-state index contributed by atoms with van der Waals surface area (Å²) in [4.78, 5) is 2.24. The first-order chi connectivity index (χ1) is 7.66. The molecular weight excluding hydrogens is 284 g/mol. The second-order valence-corrected chi connectivity index (χ2v) is 5.29. The molecule has 0 fully saturated rings. The highest BCUT2D eigenvalue weighted by Gasteiger charge is 2.02. The maximum absolute atomic E-state index is 5.76. The predicted molar refractivity (Wildman–Crippen MR) is 73.5 cm³/mol. The molecule has 4 N–H and O–H groups in total. The number of hydrogen-bond acceptors (Lipinski definition) is 3. The van der Waals surface area contributed by atoms with Gasteiger partial charge in [-0.3, -0.25) is 0 Å². The molecule has 0 spiro atoms. The first kappa shape index (κ1) is 11.4. The van der Waals surface area contributed by atoms with Crippen molar-refractivity contribution < 1.29 is 0 Å². The van der Waals surface area contributed by atoms with Crippen LogP contribution in [-0.2, 0) is 0 Å². The van der Waals surface area contributed by atoms with Gasteiger partial charge in [0.1, 0.15) is 0 Å². The molecular formula is C12H11BrN2S. The molecule has 0 saturated carbocycles. The molecule has 0 heterocycles. The third kappa shape index (κ3) is 2.51. The molecule has 82 valence electrons. The highest BCUT2D eigenvalue weighted by Crippen LogP contribution is 2.34. The van der Waals surface area contributed by atoms with Gasteiger partial charge in [-0.2, -0.15) is 0 Å². The van der Waals surface area contributed by atoms with E-state index in [1.165, 1.54) is 0 Å². The van der Waals surface area contributed by atoms with Gasteiger partial charge in [0.25, 0.3) is 0 Å². The monoisotopic (exact) mass is 294 g/mol. The highest BCUT2D eigenvalue weighted by molar-refractivity contribution is 9.10. The topological polar surface area (TPSA) is 52.0 Å². The molecule has 2 nitrogen and oxygen atoms in total. The third-order valence-corrected chi connectivity index (χ3v) is 4.14. The molecule has 0 atom stereocenters. The summed E-state index contributed by atoms with van der Waals surface area (Å²) in [5, 5.41) is 0. The maximum Gasteiger partial charge on any atom is 0.0559 e. The van der Waals surface area contributed by atoms with Crippen molar-refractivity contribution in [3.8, 4) is 0 Å². The van der Waals surface area contributed by atoms with Gasteiger partial charge in [0.05, 0.1) is 11.4 Å². The molecule has 2 aromatic rings. The van der Waals surface area contributed by atoms with Crippen LogP contribution in [-0.4, -0.2) is 0 Å². The van der Waals surface area contributed by atoms with Crippen LogP contribution in [0.15, 0.2) is 56.7 Å². The van der Waals surface area contributed by atoms with E-state index in [1.807, 2.05) is 36.4 Å². The van der Waals surface area contributed by atoms with Crippen LogP contribution in [0.3, 0.4) is 0 Å². The molecule has 0 aliphatic heterocycles. The van der Waals surface area contributed by atoms with E-state index < -0.39 is 0 Å².